The Morgan fingerprint density at radius 3 is 3.00 bits per heavy atom. The van der Waals surface area contributed by atoms with Crippen LogP contribution < -0.4 is 11.3 Å². The van der Waals surface area contributed by atoms with Gasteiger partial charge in [0, 0.05) is 31.5 Å². The highest BCUT2D eigenvalue weighted by Crippen LogP contribution is 2.03. The molecule has 0 aliphatic rings. The van der Waals surface area contributed by atoms with E-state index >= 15 is 0 Å². The van der Waals surface area contributed by atoms with E-state index in [-0.39, 0.29) is 5.56 Å². The van der Waals surface area contributed by atoms with Gasteiger partial charge in [-0.3, -0.25) is 4.79 Å². The average Bonchev–Trinajstić information content (AvgIpc) is 2.55. The van der Waals surface area contributed by atoms with Crippen molar-refractivity contribution in [2.24, 2.45) is 12.8 Å². The first kappa shape index (κ1) is 8.00. The van der Waals surface area contributed by atoms with E-state index in [1.165, 1.54) is 4.57 Å². The summed E-state index contributed by atoms with van der Waals surface area (Å²) in [4.78, 5) is 11.6. The molecule has 0 aliphatic carbocycles. The van der Waals surface area contributed by atoms with E-state index in [1.54, 1.807) is 30.2 Å². The number of aromatic nitrogens is 3. The molecule has 0 unspecified atom stereocenters. The van der Waals surface area contributed by atoms with Gasteiger partial charge < -0.3 is 10.3 Å². The molecule has 2 heterocycles. The lowest BCUT2D eigenvalue weighted by molar-refractivity contribution is 0.819. The molecule has 0 aliphatic heterocycles. The first-order chi connectivity index (χ1) is 6.24. The lowest BCUT2D eigenvalue weighted by Crippen LogP contribution is -2.19. The van der Waals surface area contributed by atoms with Crippen molar-refractivity contribution in [3.8, 4) is 0 Å². The zero-order valence-electron chi connectivity index (χ0n) is 7.27. The maximum absolute atomic E-state index is 11.6. The fourth-order valence-corrected chi connectivity index (χ4v) is 1.29. The highest BCUT2D eigenvalue weighted by Gasteiger charge is 2.06. The van der Waals surface area contributed by atoms with Crippen LogP contribution >= 0.6 is 0 Å². The molecule has 0 fully saturated rings. The van der Waals surface area contributed by atoms with E-state index in [1.807, 2.05) is 0 Å². The molecule has 2 aromatic rings. The fourth-order valence-electron chi connectivity index (χ4n) is 1.29. The lowest BCUT2D eigenvalue weighted by atomic mass is 10.3. The topological polar surface area (TPSA) is 65.3 Å². The van der Waals surface area contributed by atoms with Crippen LogP contribution in [0.3, 0.4) is 0 Å². The van der Waals surface area contributed by atoms with E-state index in [0.29, 0.717) is 12.1 Å². The van der Waals surface area contributed by atoms with E-state index in [4.69, 9.17) is 5.73 Å². The molecule has 0 spiro atoms. The number of hydrogen-bond acceptors (Lipinski definition) is 3. The van der Waals surface area contributed by atoms with Gasteiger partial charge in [0.2, 0.25) is 0 Å². The van der Waals surface area contributed by atoms with Gasteiger partial charge in [0.15, 0.2) is 0 Å². The zero-order valence-corrected chi connectivity index (χ0v) is 7.27. The highest BCUT2D eigenvalue weighted by molar-refractivity contribution is 5.51. The van der Waals surface area contributed by atoms with Gasteiger partial charge in [-0.25, -0.2) is 4.52 Å². The molecule has 2 aromatic heterocycles. The predicted molar refractivity (Wildman–Crippen MR) is 48.3 cm³/mol. The van der Waals surface area contributed by atoms with Gasteiger partial charge in [0.1, 0.15) is 5.52 Å². The SMILES string of the molecule is Cn1ccn2ncc(CN)c2c1=O. The summed E-state index contributed by atoms with van der Waals surface area (Å²) in [5.41, 5.74) is 6.75. The first-order valence-electron chi connectivity index (χ1n) is 3.96. The molecule has 0 radical (unpaired) electrons. The minimum Gasteiger partial charge on any atom is -0.326 e. The normalized spacial score (nSPS) is 10.9. The van der Waals surface area contributed by atoms with Crippen molar-refractivity contribution >= 4 is 5.52 Å². The van der Waals surface area contributed by atoms with Crippen LogP contribution in [0, 0.1) is 0 Å². The number of hydrogen-bond donors (Lipinski definition) is 1. The summed E-state index contributed by atoms with van der Waals surface area (Å²) in [6, 6.07) is 0. The molecule has 0 aromatic carbocycles. The molecule has 5 nitrogen and oxygen atoms in total. The molecule has 0 saturated carbocycles. The Kier molecular flexibility index (Phi) is 1.66. The number of nitrogens with zero attached hydrogens (tertiary/aromatic N) is 3. The highest BCUT2D eigenvalue weighted by atomic mass is 16.1. The summed E-state index contributed by atoms with van der Waals surface area (Å²) in [5.74, 6) is 0. The van der Waals surface area contributed by atoms with Crippen molar-refractivity contribution in [2.45, 2.75) is 6.54 Å². The predicted octanol–water partition coefficient (Wildman–Crippen LogP) is -0.508. The van der Waals surface area contributed by atoms with Crippen molar-refractivity contribution in [1.29, 1.82) is 0 Å². The molecule has 2 N–H and O–H groups in total. The Labute approximate surface area is 74.4 Å². The van der Waals surface area contributed by atoms with Crippen molar-refractivity contribution in [1.82, 2.24) is 14.2 Å². The van der Waals surface area contributed by atoms with Gasteiger partial charge in [-0.05, 0) is 0 Å². The van der Waals surface area contributed by atoms with E-state index in [0.717, 1.165) is 5.56 Å². The largest absolute Gasteiger partial charge is 0.326 e. The van der Waals surface area contributed by atoms with Crippen LogP contribution in [0.25, 0.3) is 5.52 Å². The summed E-state index contributed by atoms with van der Waals surface area (Å²) < 4.78 is 3.06. The third kappa shape index (κ3) is 1.05. The van der Waals surface area contributed by atoms with E-state index in [9.17, 15) is 4.79 Å². The third-order valence-corrected chi connectivity index (χ3v) is 2.05. The fraction of sp³-hybridized carbons (Fsp3) is 0.250. The van der Waals surface area contributed by atoms with Crippen molar-refractivity contribution < 1.29 is 0 Å². The molecule has 5 heteroatoms. The van der Waals surface area contributed by atoms with Crippen molar-refractivity contribution in [3.63, 3.8) is 0 Å². The summed E-state index contributed by atoms with van der Waals surface area (Å²) in [7, 11) is 1.70. The number of aryl methyl sites for hydroxylation is 1. The van der Waals surface area contributed by atoms with Crippen molar-refractivity contribution in [3.05, 3.63) is 34.5 Å². The minimum atomic E-state index is -0.0690. The van der Waals surface area contributed by atoms with Crippen LogP contribution in [0.2, 0.25) is 0 Å². The van der Waals surface area contributed by atoms with E-state index < -0.39 is 0 Å². The molecule has 68 valence electrons. The Hall–Kier alpha value is -1.62. The maximum atomic E-state index is 11.6. The second-order valence-electron chi connectivity index (χ2n) is 2.88. The molecule has 0 atom stereocenters. The molecule has 13 heavy (non-hydrogen) atoms. The molecular formula is C8H10N4O. The number of rotatable bonds is 1. The zero-order chi connectivity index (χ0) is 9.42. The minimum absolute atomic E-state index is 0.0690. The van der Waals surface area contributed by atoms with Crippen molar-refractivity contribution in [2.75, 3.05) is 0 Å². The van der Waals surface area contributed by atoms with Gasteiger partial charge in [0.05, 0.1) is 6.20 Å². The van der Waals surface area contributed by atoms with Crippen LogP contribution in [-0.2, 0) is 13.6 Å². The monoisotopic (exact) mass is 178 g/mol. The Morgan fingerprint density at radius 1 is 1.54 bits per heavy atom. The van der Waals surface area contributed by atoms with E-state index in [2.05, 4.69) is 5.10 Å². The number of fused-ring (bicyclic) bond motifs is 1. The van der Waals surface area contributed by atoms with Crippen LogP contribution in [0.5, 0.6) is 0 Å². The summed E-state index contributed by atoms with van der Waals surface area (Å²) >= 11 is 0. The Balaban J connectivity index is 2.94. The van der Waals surface area contributed by atoms with Gasteiger partial charge in [-0.1, -0.05) is 0 Å². The third-order valence-electron chi connectivity index (χ3n) is 2.05. The average molecular weight is 178 g/mol. The summed E-state index contributed by atoms with van der Waals surface area (Å²) in [6.45, 7) is 0.336. The van der Waals surface area contributed by atoms with Crippen LogP contribution in [-0.4, -0.2) is 14.2 Å². The van der Waals surface area contributed by atoms with Gasteiger partial charge in [-0.2, -0.15) is 5.10 Å². The lowest BCUT2D eigenvalue weighted by Gasteiger charge is -1.98. The molecular weight excluding hydrogens is 168 g/mol. The molecule has 0 bridgehead atoms. The molecule has 0 amide bonds. The molecule has 0 saturated heterocycles. The standard InChI is InChI=1S/C8H10N4O/c1-11-2-3-12-7(8(11)13)6(4-9)5-10-12/h2-3,5H,4,9H2,1H3. The summed E-state index contributed by atoms with van der Waals surface area (Å²) in [6.07, 6.45) is 5.02. The number of nitrogens with two attached hydrogens (primary N) is 1. The summed E-state index contributed by atoms with van der Waals surface area (Å²) in [5, 5.41) is 4.01. The first-order valence-corrected chi connectivity index (χ1v) is 3.96. The smallest absolute Gasteiger partial charge is 0.276 e. The van der Waals surface area contributed by atoms with Gasteiger partial charge in [-0.15, -0.1) is 0 Å². The maximum Gasteiger partial charge on any atom is 0.276 e. The Morgan fingerprint density at radius 2 is 2.31 bits per heavy atom. The van der Waals surface area contributed by atoms with Gasteiger partial charge in [0.25, 0.3) is 5.56 Å². The van der Waals surface area contributed by atoms with Gasteiger partial charge >= 0.3 is 0 Å². The Bertz CT molecular complexity index is 496. The quantitative estimate of drug-likeness (QED) is 0.639. The van der Waals surface area contributed by atoms with Crippen LogP contribution in [0.1, 0.15) is 5.56 Å². The van der Waals surface area contributed by atoms with Crippen LogP contribution in [0.15, 0.2) is 23.4 Å². The molecule has 2 rings (SSSR count). The van der Waals surface area contributed by atoms with Crippen LogP contribution in [0.4, 0.5) is 0 Å². The second-order valence-corrected chi connectivity index (χ2v) is 2.88. The second kappa shape index (κ2) is 2.70.